The number of allylic oxidation sites excluding steroid dienone is 2. The summed E-state index contributed by atoms with van der Waals surface area (Å²) in [5.41, 5.74) is 3.22. The van der Waals surface area contributed by atoms with Gasteiger partial charge in [0.25, 0.3) is 0 Å². The Kier molecular flexibility index (Phi) is 1.49. The molecular formula is C15H15. The van der Waals surface area contributed by atoms with Crippen LogP contribution in [0.4, 0.5) is 0 Å². The second-order valence-electron chi connectivity index (χ2n) is 5.34. The third-order valence-electron chi connectivity index (χ3n) is 4.70. The van der Waals surface area contributed by atoms with Crippen molar-refractivity contribution in [3.8, 4) is 0 Å². The van der Waals surface area contributed by atoms with Gasteiger partial charge in [-0.15, -0.1) is 0 Å². The van der Waals surface area contributed by atoms with E-state index in [-0.39, 0.29) is 0 Å². The van der Waals surface area contributed by atoms with Crippen LogP contribution < -0.4 is 0 Å². The second-order valence-corrected chi connectivity index (χ2v) is 5.34. The van der Waals surface area contributed by atoms with E-state index in [4.69, 9.17) is 0 Å². The van der Waals surface area contributed by atoms with Crippen LogP contribution in [0, 0.1) is 29.7 Å². The minimum atomic E-state index is 0.786. The van der Waals surface area contributed by atoms with Crippen molar-refractivity contribution >= 4 is 0 Å². The summed E-state index contributed by atoms with van der Waals surface area (Å²) in [5.74, 6) is 3.49. The van der Waals surface area contributed by atoms with Crippen LogP contribution >= 0.6 is 0 Å². The van der Waals surface area contributed by atoms with Crippen LogP contribution in [0.5, 0.6) is 0 Å². The molecule has 75 valence electrons. The van der Waals surface area contributed by atoms with E-state index in [0.717, 1.165) is 23.7 Å². The highest BCUT2D eigenvalue weighted by Crippen LogP contribution is 2.52. The molecule has 3 aliphatic carbocycles. The molecule has 3 aliphatic rings. The van der Waals surface area contributed by atoms with Gasteiger partial charge in [0.1, 0.15) is 0 Å². The minimum absolute atomic E-state index is 0.786. The van der Waals surface area contributed by atoms with E-state index in [9.17, 15) is 0 Å². The van der Waals surface area contributed by atoms with Crippen molar-refractivity contribution in [1.29, 1.82) is 0 Å². The lowest BCUT2D eigenvalue weighted by atomic mass is 9.71. The zero-order chi connectivity index (χ0) is 9.83. The predicted octanol–water partition coefficient (Wildman–Crippen LogP) is 3.03. The largest absolute Gasteiger partial charge is 0.0773 e. The first-order valence-corrected chi connectivity index (χ1v) is 6.08. The van der Waals surface area contributed by atoms with Crippen molar-refractivity contribution in [2.75, 3.05) is 0 Å². The van der Waals surface area contributed by atoms with Gasteiger partial charge >= 0.3 is 0 Å². The smallest absolute Gasteiger partial charge is 0.0122 e. The fourth-order valence-electron chi connectivity index (χ4n) is 3.95. The van der Waals surface area contributed by atoms with Gasteiger partial charge in [0.2, 0.25) is 0 Å². The molecule has 15 heavy (non-hydrogen) atoms. The molecule has 0 nitrogen and oxygen atoms in total. The van der Waals surface area contributed by atoms with Gasteiger partial charge in [-0.1, -0.05) is 30.3 Å². The first kappa shape index (κ1) is 8.15. The zero-order valence-corrected chi connectivity index (χ0v) is 8.82. The Morgan fingerprint density at radius 2 is 1.73 bits per heavy atom. The molecule has 0 heterocycles. The number of hydrogen-bond donors (Lipinski definition) is 0. The molecule has 0 amide bonds. The molecule has 1 fully saturated rings. The summed E-state index contributed by atoms with van der Waals surface area (Å²) in [7, 11) is 0. The van der Waals surface area contributed by atoms with Crippen LogP contribution in [0.2, 0.25) is 0 Å². The minimum Gasteiger partial charge on any atom is -0.0773 e. The molecular weight excluding hydrogens is 180 g/mol. The van der Waals surface area contributed by atoms with E-state index in [1.165, 1.54) is 19.3 Å². The van der Waals surface area contributed by atoms with Gasteiger partial charge in [0, 0.05) is 0 Å². The fourth-order valence-corrected chi connectivity index (χ4v) is 3.95. The van der Waals surface area contributed by atoms with Crippen molar-refractivity contribution in [3.05, 3.63) is 47.5 Å². The van der Waals surface area contributed by atoms with Crippen molar-refractivity contribution in [2.24, 2.45) is 23.7 Å². The Labute approximate surface area is 91.0 Å². The summed E-state index contributed by atoms with van der Waals surface area (Å²) in [4.78, 5) is 0. The predicted molar refractivity (Wildman–Crippen MR) is 60.2 cm³/mol. The van der Waals surface area contributed by atoms with Gasteiger partial charge in [-0.3, -0.25) is 0 Å². The molecule has 1 aromatic carbocycles. The van der Waals surface area contributed by atoms with Crippen LogP contribution in [0.25, 0.3) is 0 Å². The maximum Gasteiger partial charge on any atom is -0.0122 e. The molecule has 4 unspecified atom stereocenters. The van der Waals surface area contributed by atoms with E-state index >= 15 is 0 Å². The quantitative estimate of drug-likeness (QED) is 0.597. The third-order valence-corrected chi connectivity index (χ3v) is 4.70. The maximum atomic E-state index is 3.56. The van der Waals surface area contributed by atoms with Crippen LogP contribution in [0.15, 0.2) is 30.3 Å². The Morgan fingerprint density at radius 3 is 2.53 bits per heavy atom. The monoisotopic (exact) mass is 195 g/mol. The van der Waals surface area contributed by atoms with Crippen LogP contribution in [0.1, 0.15) is 17.5 Å². The van der Waals surface area contributed by atoms with E-state index in [2.05, 4.69) is 36.4 Å². The summed E-state index contributed by atoms with van der Waals surface area (Å²) in [6.07, 6.45) is 9.94. The Hall–Kier alpha value is -1.04. The first-order valence-electron chi connectivity index (χ1n) is 6.08. The molecule has 4 atom stereocenters. The van der Waals surface area contributed by atoms with E-state index in [1.54, 1.807) is 11.1 Å². The molecule has 1 saturated carbocycles. The van der Waals surface area contributed by atoms with Crippen molar-refractivity contribution in [3.63, 3.8) is 0 Å². The van der Waals surface area contributed by atoms with E-state index < -0.39 is 0 Å². The fraction of sp³-hybridized carbons (Fsp3) is 0.467. The zero-order valence-electron chi connectivity index (χ0n) is 8.82. The van der Waals surface area contributed by atoms with E-state index in [0.29, 0.717) is 0 Å². The van der Waals surface area contributed by atoms with Crippen molar-refractivity contribution in [2.45, 2.75) is 19.3 Å². The average Bonchev–Trinajstić information content (AvgIpc) is 2.87. The Bertz CT molecular complexity index is 390. The topological polar surface area (TPSA) is 0 Å². The molecule has 0 aliphatic heterocycles. The lowest BCUT2D eigenvalue weighted by Crippen LogP contribution is -2.28. The molecule has 0 heteroatoms. The molecule has 0 aromatic heterocycles. The highest BCUT2D eigenvalue weighted by molar-refractivity contribution is 5.33. The number of fused-ring (bicyclic) bond motifs is 6. The number of benzene rings is 1. The van der Waals surface area contributed by atoms with Crippen molar-refractivity contribution in [1.82, 2.24) is 0 Å². The summed E-state index contributed by atoms with van der Waals surface area (Å²) >= 11 is 0. The molecule has 1 aromatic rings. The summed E-state index contributed by atoms with van der Waals surface area (Å²) in [5, 5.41) is 0. The summed E-state index contributed by atoms with van der Waals surface area (Å²) < 4.78 is 0. The lowest BCUT2D eigenvalue weighted by molar-refractivity contribution is 0.283. The molecule has 0 N–H and O–H groups in total. The van der Waals surface area contributed by atoms with Crippen LogP contribution in [0.3, 0.4) is 0 Å². The SMILES string of the molecule is [C]1=CC2CC1C1Cc3ccccc3CC21. The highest BCUT2D eigenvalue weighted by Gasteiger charge is 2.46. The number of hydrogen-bond acceptors (Lipinski definition) is 0. The Balaban J connectivity index is 1.77. The summed E-state index contributed by atoms with van der Waals surface area (Å²) in [6.45, 7) is 0. The maximum absolute atomic E-state index is 3.56. The second kappa shape index (κ2) is 2.75. The standard InChI is InChI=1S/C15H15/c1-2-4-11-9-15-13-6-5-12(7-13)14(15)8-10(11)3-1/h1-5,12-15H,7-9H2. The van der Waals surface area contributed by atoms with Gasteiger partial charge in [-0.25, -0.2) is 0 Å². The van der Waals surface area contributed by atoms with Crippen LogP contribution in [-0.4, -0.2) is 0 Å². The molecule has 0 spiro atoms. The molecule has 4 rings (SSSR count). The lowest BCUT2D eigenvalue weighted by Gasteiger charge is -2.33. The van der Waals surface area contributed by atoms with Gasteiger partial charge in [0.05, 0.1) is 0 Å². The van der Waals surface area contributed by atoms with Gasteiger partial charge in [0.15, 0.2) is 0 Å². The average molecular weight is 195 g/mol. The van der Waals surface area contributed by atoms with Crippen LogP contribution in [-0.2, 0) is 12.8 Å². The Morgan fingerprint density at radius 1 is 1.00 bits per heavy atom. The third kappa shape index (κ3) is 1.03. The summed E-state index contributed by atoms with van der Waals surface area (Å²) in [6, 6.07) is 9.02. The van der Waals surface area contributed by atoms with Gasteiger partial charge in [-0.05, 0) is 60.1 Å². The number of rotatable bonds is 0. The van der Waals surface area contributed by atoms with Crippen molar-refractivity contribution < 1.29 is 0 Å². The molecule has 1 radical (unpaired) electrons. The molecule has 2 bridgehead atoms. The first-order chi connectivity index (χ1) is 7.42. The van der Waals surface area contributed by atoms with Gasteiger partial charge in [-0.2, -0.15) is 0 Å². The van der Waals surface area contributed by atoms with E-state index in [1.807, 2.05) is 0 Å². The van der Waals surface area contributed by atoms with Gasteiger partial charge < -0.3 is 0 Å². The normalized spacial score (nSPS) is 40.3. The highest BCUT2D eigenvalue weighted by atomic mass is 14.5. The molecule has 0 saturated heterocycles.